The third-order valence-corrected chi connectivity index (χ3v) is 5.06. The summed E-state index contributed by atoms with van der Waals surface area (Å²) in [5.41, 5.74) is 0. The minimum absolute atomic E-state index is 0.686. The lowest BCUT2D eigenvalue weighted by Gasteiger charge is -2.26. The van der Waals surface area contributed by atoms with Crippen LogP contribution in [0.5, 0.6) is 0 Å². The first-order valence-electron chi connectivity index (χ1n) is 7.58. The van der Waals surface area contributed by atoms with Gasteiger partial charge in [-0.15, -0.1) is 11.3 Å². The molecular weight excluding hydrogens is 284 g/mol. The Balaban J connectivity index is 1.87. The van der Waals surface area contributed by atoms with Crippen molar-refractivity contribution in [3.63, 3.8) is 0 Å². The van der Waals surface area contributed by atoms with Crippen LogP contribution in [0.15, 0.2) is 18.2 Å². The van der Waals surface area contributed by atoms with Crippen LogP contribution in [0, 0.1) is 0 Å². The molecule has 0 aromatic carbocycles. The van der Waals surface area contributed by atoms with Crippen LogP contribution in [-0.4, -0.2) is 53.1 Å². The van der Waals surface area contributed by atoms with Gasteiger partial charge in [-0.3, -0.25) is 9.80 Å². The third-order valence-electron chi connectivity index (χ3n) is 4.03. The molecule has 1 fully saturated rings. The molecule has 1 aliphatic rings. The van der Waals surface area contributed by atoms with E-state index >= 15 is 0 Å². The lowest BCUT2D eigenvalue weighted by Crippen LogP contribution is -2.37. The highest BCUT2D eigenvalue weighted by Gasteiger charge is 2.26. The Hall–Kier alpha value is -1.17. The highest BCUT2D eigenvalue weighted by molar-refractivity contribution is 7.12. The number of aliphatic carboxylic acids is 1. The monoisotopic (exact) mass is 308 g/mol. The van der Waals surface area contributed by atoms with E-state index < -0.39 is 5.97 Å². The Bertz CT molecular complexity index is 494. The summed E-state index contributed by atoms with van der Waals surface area (Å²) in [6, 6.07) is 4.79. The topological polar surface area (TPSA) is 43.8 Å². The third kappa shape index (κ3) is 4.66. The van der Waals surface area contributed by atoms with E-state index in [4.69, 9.17) is 5.11 Å². The zero-order chi connectivity index (χ0) is 15.2. The van der Waals surface area contributed by atoms with Crippen molar-refractivity contribution >= 4 is 23.4 Å². The minimum Gasteiger partial charge on any atom is -0.478 e. The van der Waals surface area contributed by atoms with Gasteiger partial charge in [0.2, 0.25) is 0 Å². The lowest BCUT2D eigenvalue weighted by atomic mass is 10.2. The van der Waals surface area contributed by atoms with E-state index in [2.05, 4.69) is 29.7 Å². The normalized spacial score (nSPS) is 19.9. The maximum Gasteiger partial charge on any atom is 0.328 e. The van der Waals surface area contributed by atoms with Crippen molar-refractivity contribution in [2.75, 3.05) is 26.2 Å². The first-order chi connectivity index (χ1) is 10.1. The van der Waals surface area contributed by atoms with Gasteiger partial charge in [-0.1, -0.05) is 13.8 Å². The number of hydrogen-bond acceptors (Lipinski definition) is 4. The molecule has 0 spiro atoms. The fourth-order valence-corrected chi connectivity index (χ4v) is 3.89. The number of hydrogen-bond donors (Lipinski definition) is 1. The smallest absolute Gasteiger partial charge is 0.328 e. The summed E-state index contributed by atoms with van der Waals surface area (Å²) in [6.07, 6.45) is 4.11. The average Bonchev–Trinajstić information content (AvgIpc) is 3.08. The van der Waals surface area contributed by atoms with E-state index in [1.807, 2.05) is 6.07 Å². The predicted octanol–water partition coefficient (Wildman–Crippen LogP) is 2.76. The number of carbonyl (C=O) groups is 1. The summed E-state index contributed by atoms with van der Waals surface area (Å²) in [5.74, 6) is -0.897. The number of carboxylic acids is 1. The number of carboxylic acid groups (broad SMARTS) is 1. The Kier molecular flexibility index (Phi) is 5.96. The second kappa shape index (κ2) is 7.73. The van der Waals surface area contributed by atoms with Crippen LogP contribution >= 0.6 is 11.3 Å². The summed E-state index contributed by atoms with van der Waals surface area (Å²) in [4.78, 5) is 17.9. The van der Waals surface area contributed by atoms with E-state index in [-0.39, 0.29) is 0 Å². The molecule has 1 unspecified atom stereocenters. The molecule has 116 valence electrons. The molecule has 0 saturated carbocycles. The summed E-state index contributed by atoms with van der Waals surface area (Å²) in [5, 5.41) is 8.64. The molecule has 1 aromatic heterocycles. The van der Waals surface area contributed by atoms with E-state index in [1.165, 1.54) is 17.4 Å². The molecule has 0 aliphatic carbocycles. The van der Waals surface area contributed by atoms with Crippen LogP contribution in [0.4, 0.5) is 0 Å². The molecule has 4 nitrogen and oxygen atoms in total. The number of likely N-dealkylation sites (tertiary alicyclic amines) is 1. The first kappa shape index (κ1) is 16.2. The van der Waals surface area contributed by atoms with Crippen molar-refractivity contribution < 1.29 is 9.90 Å². The SMILES string of the molecule is CCN(CC)C1CCN(Cc2ccc(C=CC(=O)O)s2)C1. The van der Waals surface area contributed by atoms with Crippen molar-refractivity contribution in [2.45, 2.75) is 32.9 Å². The first-order valence-corrected chi connectivity index (χ1v) is 8.40. The standard InChI is InChI=1S/C16H24N2O2S/c1-3-18(4-2)13-9-10-17(11-13)12-15-6-5-14(21-15)7-8-16(19)20/h5-8,13H,3-4,9-12H2,1-2H3,(H,19,20). The highest BCUT2D eigenvalue weighted by Crippen LogP contribution is 2.23. The van der Waals surface area contributed by atoms with Crippen LogP contribution in [0.2, 0.25) is 0 Å². The number of likely N-dealkylation sites (N-methyl/N-ethyl adjacent to an activating group) is 1. The van der Waals surface area contributed by atoms with Gasteiger partial charge in [0.25, 0.3) is 0 Å². The van der Waals surface area contributed by atoms with Crippen LogP contribution in [0.25, 0.3) is 6.08 Å². The zero-order valence-electron chi connectivity index (χ0n) is 12.8. The van der Waals surface area contributed by atoms with Gasteiger partial charge in [0.15, 0.2) is 0 Å². The van der Waals surface area contributed by atoms with E-state index in [0.717, 1.165) is 37.6 Å². The van der Waals surface area contributed by atoms with Crippen molar-refractivity contribution in [3.05, 3.63) is 28.0 Å². The molecule has 2 rings (SSSR count). The fourth-order valence-electron chi connectivity index (χ4n) is 2.94. The largest absolute Gasteiger partial charge is 0.478 e. The molecule has 1 aromatic rings. The molecule has 5 heteroatoms. The van der Waals surface area contributed by atoms with Crippen LogP contribution in [-0.2, 0) is 11.3 Å². The molecule has 1 N–H and O–H groups in total. The van der Waals surface area contributed by atoms with Crippen molar-refractivity contribution in [1.29, 1.82) is 0 Å². The molecule has 1 atom stereocenters. The van der Waals surface area contributed by atoms with Gasteiger partial charge >= 0.3 is 5.97 Å². The van der Waals surface area contributed by atoms with Gasteiger partial charge in [-0.05, 0) is 37.7 Å². The van der Waals surface area contributed by atoms with Crippen LogP contribution in [0.1, 0.15) is 30.0 Å². The van der Waals surface area contributed by atoms with E-state index in [9.17, 15) is 4.79 Å². The van der Waals surface area contributed by atoms with Gasteiger partial charge in [-0.2, -0.15) is 0 Å². The summed E-state index contributed by atoms with van der Waals surface area (Å²) < 4.78 is 0. The highest BCUT2D eigenvalue weighted by atomic mass is 32.1. The Morgan fingerprint density at radius 3 is 2.90 bits per heavy atom. The average molecular weight is 308 g/mol. The lowest BCUT2D eigenvalue weighted by molar-refractivity contribution is -0.131. The van der Waals surface area contributed by atoms with Crippen molar-refractivity contribution in [3.8, 4) is 0 Å². The minimum atomic E-state index is -0.897. The summed E-state index contributed by atoms with van der Waals surface area (Å²) in [7, 11) is 0. The fraction of sp³-hybridized carbons (Fsp3) is 0.562. The van der Waals surface area contributed by atoms with Crippen LogP contribution in [0.3, 0.4) is 0 Å². The zero-order valence-corrected chi connectivity index (χ0v) is 13.6. The molecule has 0 bridgehead atoms. The molecule has 0 amide bonds. The second-order valence-electron chi connectivity index (χ2n) is 5.37. The quantitative estimate of drug-likeness (QED) is 0.787. The van der Waals surface area contributed by atoms with Crippen LogP contribution < -0.4 is 0 Å². The number of rotatable bonds is 7. The number of nitrogens with zero attached hydrogens (tertiary/aromatic N) is 2. The Morgan fingerprint density at radius 2 is 2.24 bits per heavy atom. The molecule has 1 saturated heterocycles. The molecule has 1 aliphatic heterocycles. The van der Waals surface area contributed by atoms with E-state index in [0.29, 0.717) is 6.04 Å². The van der Waals surface area contributed by atoms with Gasteiger partial charge in [0.05, 0.1) is 0 Å². The van der Waals surface area contributed by atoms with Gasteiger partial charge < -0.3 is 5.11 Å². The maximum absolute atomic E-state index is 10.5. The maximum atomic E-state index is 10.5. The molecule has 0 radical (unpaired) electrons. The van der Waals surface area contributed by atoms with Gasteiger partial charge in [-0.25, -0.2) is 4.79 Å². The van der Waals surface area contributed by atoms with Crippen molar-refractivity contribution in [2.24, 2.45) is 0 Å². The number of thiophene rings is 1. The van der Waals surface area contributed by atoms with Gasteiger partial charge in [0.1, 0.15) is 0 Å². The summed E-state index contributed by atoms with van der Waals surface area (Å²) in [6.45, 7) is 9.97. The van der Waals surface area contributed by atoms with Gasteiger partial charge in [0, 0.05) is 41.5 Å². The molecular formula is C16H24N2O2S. The predicted molar refractivity (Wildman–Crippen MR) is 87.6 cm³/mol. The molecule has 21 heavy (non-hydrogen) atoms. The Labute approximate surface area is 130 Å². The molecule has 2 heterocycles. The second-order valence-corrected chi connectivity index (χ2v) is 6.57. The Morgan fingerprint density at radius 1 is 1.48 bits per heavy atom. The van der Waals surface area contributed by atoms with E-state index in [1.54, 1.807) is 17.4 Å². The van der Waals surface area contributed by atoms with Crippen molar-refractivity contribution in [1.82, 2.24) is 9.80 Å². The summed E-state index contributed by atoms with van der Waals surface area (Å²) >= 11 is 1.68.